The number of nitrogens with one attached hydrogen (secondary N) is 1. The van der Waals surface area contributed by atoms with Crippen LogP contribution < -0.4 is 5.32 Å². The fraction of sp³-hybridized carbons (Fsp3) is 0.375. The van der Waals surface area contributed by atoms with E-state index in [1.165, 1.54) is 6.07 Å². The van der Waals surface area contributed by atoms with Crippen molar-refractivity contribution in [2.24, 2.45) is 0 Å². The first-order valence-electron chi connectivity index (χ1n) is 6.88. The van der Waals surface area contributed by atoms with Crippen molar-refractivity contribution < 1.29 is 4.39 Å². The van der Waals surface area contributed by atoms with E-state index in [0.29, 0.717) is 5.56 Å². The summed E-state index contributed by atoms with van der Waals surface area (Å²) in [4.78, 5) is 0. The van der Waals surface area contributed by atoms with Crippen molar-refractivity contribution in [1.29, 1.82) is 0 Å². The number of aryl methyl sites for hydroxylation is 1. The summed E-state index contributed by atoms with van der Waals surface area (Å²) in [5, 5.41) is 11.8. The molecular formula is C16H20FN3. The van der Waals surface area contributed by atoms with Crippen LogP contribution in [0.2, 0.25) is 0 Å². The number of aromatic nitrogens is 2. The highest BCUT2D eigenvalue weighted by atomic mass is 19.1. The van der Waals surface area contributed by atoms with E-state index in [0.717, 1.165) is 41.2 Å². The van der Waals surface area contributed by atoms with E-state index in [1.54, 1.807) is 13.0 Å². The van der Waals surface area contributed by atoms with Crippen LogP contribution in [0.5, 0.6) is 0 Å². The Morgan fingerprint density at radius 2 is 1.85 bits per heavy atom. The molecule has 0 fully saturated rings. The van der Waals surface area contributed by atoms with Crippen molar-refractivity contribution in [2.75, 3.05) is 11.9 Å². The molecule has 0 saturated heterocycles. The third-order valence-electron chi connectivity index (χ3n) is 3.50. The van der Waals surface area contributed by atoms with E-state index in [1.807, 2.05) is 19.9 Å². The summed E-state index contributed by atoms with van der Waals surface area (Å²) in [6, 6.07) is 5.03. The third-order valence-corrected chi connectivity index (χ3v) is 3.50. The van der Waals surface area contributed by atoms with Crippen molar-refractivity contribution in [1.82, 2.24) is 10.2 Å². The van der Waals surface area contributed by atoms with Crippen LogP contribution >= 0.6 is 0 Å². The van der Waals surface area contributed by atoms with Crippen LogP contribution in [-0.2, 0) is 0 Å². The van der Waals surface area contributed by atoms with Gasteiger partial charge in [-0.25, -0.2) is 4.39 Å². The Hall–Kier alpha value is -1.97. The summed E-state index contributed by atoms with van der Waals surface area (Å²) >= 11 is 0. The maximum atomic E-state index is 13.4. The van der Waals surface area contributed by atoms with Gasteiger partial charge in [-0.2, -0.15) is 0 Å². The van der Waals surface area contributed by atoms with Gasteiger partial charge >= 0.3 is 0 Å². The summed E-state index contributed by atoms with van der Waals surface area (Å²) in [5.74, 6) is 0.629. The molecule has 2 rings (SSSR count). The second-order valence-electron chi connectivity index (χ2n) is 5.04. The first-order chi connectivity index (χ1) is 9.54. The lowest BCUT2D eigenvalue weighted by molar-refractivity contribution is 0.618. The van der Waals surface area contributed by atoms with Crippen LogP contribution in [0.3, 0.4) is 0 Å². The minimum atomic E-state index is -0.197. The lowest BCUT2D eigenvalue weighted by Gasteiger charge is -2.12. The molecule has 0 saturated carbocycles. The topological polar surface area (TPSA) is 37.8 Å². The Morgan fingerprint density at radius 1 is 1.10 bits per heavy atom. The van der Waals surface area contributed by atoms with Gasteiger partial charge in [0.25, 0.3) is 0 Å². The highest BCUT2D eigenvalue weighted by Crippen LogP contribution is 2.27. The van der Waals surface area contributed by atoms with Gasteiger partial charge in [0.1, 0.15) is 5.82 Å². The molecule has 106 valence electrons. The lowest BCUT2D eigenvalue weighted by atomic mass is 10.0. The largest absolute Gasteiger partial charge is 0.368 e. The van der Waals surface area contributed by atoms with Crippen molar-refractivity contribution in [3.63, 3.8) is 0 Å². The predicted molar refractivity (Wildman–Crippen MR) is 80.4 cm³/mol. The van der Waals surface area contributed by atoms with Crippen LogP contribution in [0.4, 0.5) is 10.2 Å². The molecule has 1 N–H and O–H groups in total. The summed E-state index contributed by atoms with van der Waals surface area (Å²) in [6.45, 7) is 8.80. The van der Waals surface area contributed by atoms with Crippen LogP contribution in [0.1, 0.15) is 30.0 Å². The molecule has 0 spiro atoms. The van der Waals surface area contributed by atoms with Gasteiger partial charge in [-0.05, 0) is 62.1 Å². The molecule has 0 amide bonds. The van der Waals surface area contributed by atoms with Gasteiger partial charge in [0, 0.05) is 12.1 Å². The molecule has 1 aromatic heterocycles. The van der Waals surface area contributed by atoms with Crippen molar-refractivity contribution in [3.8, 4) is 11.3 Å². The van der Waals surface area contributed by atoms with E-state index in [4.69, 9.17) is 0 Å². The predicted octanol–water partition coefficient (Wildman–Crippen LogP) is 4.03. The molecule has 0 aliphatic carbocycles. The van der Waals surface area contributed by atoms with E-state index in [9.17, 15) is 4.39 Å². The van der Waals surface area contributed by atoms with Crippen LogP contribution in [-0.4, -0.2) is 16.7 Å². The minimum Gasteiger partial charge on any atom is -0.368 e. The normalized spacial score (nSPS) is 10.7. The number of hydrogen-bond acceptors (Lipinski definition) is 3. The van der Waals surface area contributed by atoms with Gasteiger partial charge in [0.15, 0.2) is 5.82 Å². The summed E-state index contributed by atoms with van der Waals surface area (Å²) in [5.41, 5.74) is 4.50. The van der Waals surface area contributed by atoms with Gasteiger partial charge in [0.05, 0.1) is 5.69 Å². The second kappa shape index (κ2) is 5.99. The van der Waals surface area contributed by atoms with E-state index in [2.05, 4.69) is 22.4 Å². The molecule has 3 nitrogen and oxygen atoms in total. The Labute approximate surface area is 119 Å². The maximum absolute atomic E-state index is 13.4. The smallest absolute Gasteiger partial charge is 0.151 e. The number of benzene rings is 1. The third kappa shape index (κ3) is 2.79. The average Bonchev–Trinajstić information content (AvgIpc) is 2.44. The number of hydrogen-bond donors (Lipinski definition) is 1. The van der Waals surface area contributed by atoms with E-state index in [-0.39, 0.29) is 5.82 Å². The van der Waals surface area contributed by atoms with Crippen LogP contribution in [0, 0.1) is 26.6 Å². The zero-order valence-electron chi connectivity index (χ0n) is 12.4. The lowest BCUT2D eigenvalue weighted by Crippen LogP contribution is -2.07. The molecule has 2 aromatic rings. The van der Waals surface area contributed by atoms with Crippen molar-refractivity contribution in [2.45, 2.75) is 34.1 Å². The fourth-order valence-corrected chi connectivity index (χ4v) is 2.08. The van der Waals surface area contributed by atoms with Gasteiger partial charge in [-0.3, -0.25) is 0 Å². The molecule has 20 heavy (non-hydrogen) atoms. The molecular weight excluding hydrogens is 253 g/mol. The molecule has 0 unspecified atom stereocenters. The quantitative estimate of drug-likeness (QED) is 0.914. The first kappa shape index (κ1) is 14.4. The van der Waals surface area contributed by atoms with Gasteiger partial charge < -0.3 is 5.32 Å². The van der Waals surface area contributed by atoms with Gasteiger partial charge in [-0.1, -0.05) is 6.92 Å². The van der Waals surface area contributed by atoms with Crippen molar-refractivity contribution >= 4 is 5.82 Å². The fourth-order valence-electron chi connectivity index (χ4n) is 2.08. The van der Waals surface area contributed by atoms with Crippen molar-refractivity contribution in [3.05, 3.63) is 40.7 Å². The number of rotatable bonds is 4. The Bertz CT molecular complexity index is 623. The van der Waals surface area contributed by atoms with E-state index < -0.39 is 0 Å². The Morgan fingerprint density at radius 3 is 2.50 bits per heavy atom. The number of nitrogens with zero attached hydrogens (tertiary/aromatic N) is 2. The first-order valence-corrected chi connectivity index (χ1v) is 6.88. The molecule has 0 aliphatic heterocycles. The Kier molecular flexibility index (Phi) is 4.32. The van der Waals surface area contributed by atoms with Gasteiger partial charge in [-0.15, -0.1) is 10.2 Å². The highest BCUT2D eigenvalue weighted by Gasteiger charge is 2.12. The molecule has 1 aromatic carbocycles. The second-order valence-corrected chi connectivity index (χ2v) is 5.04. The molecule has 0 atom stereocenters. The minimum absolute atomic E-state index is 0.197. The monoisotopic (exact) mass is 273 g/mol. The Balaban J connectivity index is 2.42. The molecule has 4 heteroatoms. The van der Waals surface area contributed by atoms with E-state index >= 15 is 0 Å². The zero-order chi connectivity index (χ0) is 14.7. The zero-order valence-corrected chi connectivity index (χ0v) is 12.4. The summed E-state index contributed by atoms with van der Waals surface area (Å²) in [7, 11) is 0. The van der Waals surface area contributed by atoms with Crippen LogP contribution in [0.15, 0.2) is 18.2 Å². The molecule has 0 bridgehead atoms. The molecule has 1 heterocycles. The SMILES string of the molecule is CCCNc1nnc(-c2ccc(F)c(C)c2)c(C)c1C. The van der Waals surface area contributed by atoms with Crippen LogP contribution in [0.25, 0.3) is 11.3 Å². The number of anilines is 1. The summed E-state index contributed by atoms with van der Waals surface area (Å²) < 4.78 is 13.4. The van der Waals surface area contributed by atoms with Gasteiger partial charge in [0.2, 0.25) is 0 Å². The maximum Gasteiger partial charge on any atom is 0.151 e. The number of halogens is 1. The molecule has 0 radical (unpaired) electrons. The standard InChI is InChI=1S/C16H20FN3/c1-5-8-18-16-12(4)11(3)15(19-20-16)13-6-7-14(17)10(2)9-13/h6-7,9H,5,8H2,1-4H3,(H,18,20). The highest BCUT2D eigenvalue weighted by molar-refractivity contribution is 5.67. The molecule has 0 aliphatic rings. The summed E-state index contributed by atoms with van der Waals surface area (Å²) in [6.07, 6.45) is 1.04. The average molecular weight is 273 g/mol.